The van der Waals surface area contributed by atoms with E-state index in [4.69, 9.17) is 10.2 Å². The highest BCUT2D eigenvalue weighted by Gasteiger charge is 2.14. The number of rotatable bonds is 3. The number of furan rings is 1. The zero-order valence-corrected chi connectivity index (χ0v) is 11.8. The summed E-state index contributed by atoms with van der Waals surface area (Å²) in [6.45, 7) is 0. The molecule has 0 bridgehead atoms. The van der Waals surface area contributed by atoms with E-state index in [1.54, 1.807) is 6.26 Å². The zero-order valence-electron chi connectivity index (χ0n) is 10.2. The maximum Gasteiger partial charge on any atom is 0.105 e. The molecule has 0 aliphatic rings. The molecule has 2 aromatic heterocycles. The van der Waals surface area contributed by atoms with E-state index in [1.807, 2.05) is 36.4 Å². The third kappa shape index (κ3) is 2.55. The summed E-state index contributed by atoms with van der Waals surface area (Å²) in [4.78, 5) is 4.64. The van der Waals surface area contributed by atoms with Crippen molar-refractivity contribution < 1.29 is 4.42 Å². The van der Waals surface area contributed by atoms with Crippen LogP contribution >= 0.6 is 15.9 Å². The van der Waals surface area contributed by atoms with Gasteiger partial charge in [0.1, 0.15) is 5.76 Å². The van der Waals surface area contributed by atoms with Crippen LogP contribution in [0.15, 0.2) is 57.6 Å². The molecule has 1 atom stereocenters. The van der Waals surface area contributed by atoms with Gasteiger partial charge in [-0.2, -0.15) is 0 Å². The fraction of sp³-hybridized carbons (Fsp3) is 0.133. The van der Waals surface area contributed by atoms with Gasteiger partial charge in [-0.15, -0.1) is 0 Å². The third-order valence-electron chi connectivity index (χ3n) is 3.06. The molecule has 1 unspecified atom stereocenters. The van der Waals surface area contributed by atoms with Gasteiger partial charge in [-0.3, -0.25) is 0 Å². The van der Waals surface area contributed by atoms with Gasteiger partial charge < -0.3 is 10.2 Å². The van der Waals surface area contributed by atoms with Crippen molar-refractivity contribution in [2.24, 2.45) is 5.73 Å². The van der Waals surface area contributed by atoms with Crippen LogP contribution in [0.4, 0.5) is 0 Å². The molecule has 0 saturated carbocycles. The van der Waals surface area contributed by atoms with E-state index in [-0.39, 0.29) is 6.04 Å². The number of fused-ring (bicyclic) bond motifs is 1. The molecule has 3 aromatic rings. The summed E-state index contributed by atoms with van der Waals surface area (Å²) in [5.41, 5.74) is 8.04. The number of benzene rings is 1. The Morgan fingerprint density at radius 2 is 2.05 bits per heavy atom. The van der Waals surface area contributed by atoms with Gasteiger partial charge in [0.05, 0.1) is 23.5 Å². The average Bonchev–Trinajstić information content (AvgIpc) is 2.90. The van der Waals surface area contributed by atoms with E-state index in [2.05, 4.69) is 27.0 Å². The molecule has 0 aliphatic heterocycles. The largest absolute Gasteiger partial charge is 0.469 e. The van der Waals surface area contributed by atoms with Crippen molar-refractivity contribution in [3.05, 3.63) is 64.7 Å². The van der Waals surface area contributed by atoms with E-state index < -0.39 is 0 Å². The Balaban J connectivity index is 1.97. The first-order chi connectivity index (χ1) is 9.24. The highest BCUT2D eigenvalue weighted by atomic mass is 79.9. The van der Waals surface area contributed by atoms with Crippen LogP contribution in [0.2, 0.25) is 0 Å². The summed E-state index contributed by atoms with van der Waals surface area (Å²) in [6, 6.07) is 13.7. The molecule has 0 fully saturated rings. The second-order valence-corrected chi connectivity index (χ2v) is 5.29. The maximum absolute atomic E-state index is 6.23. The van der Waals surface area contributed by atoms with Crippen molar-refractivity contribution in [2.45, 2.75) is 12.5 Å². The van der Waals surface area contributed by atoms with Gasteiger partial charge in [-0.05, 0) is 40.2 Å². The fourth-order valence-electron chi connectivity index (χ4n) is 2.11. The Kier molecular flexibility index (Phi) is 3.36. The second kappa shape index (κ2) is 5.15. The smallest absolute Gasteiger partial charge is 0.105 e. The first-order valence-corrected chi connectivity index (χ1v) is 6.86. The predicted octanol–water partition coefficient (Wildman–Crippen LogP) is 3.83. The molecule has 0 spiro atoms. The highest BCUT2D eigenvalue weighted by Crippen LogP contribution is 2.26. The number of aromatic nitrogens is 1. The first-order valence-electron chi connectivity index (χ1n) is 6.07. The van der Waals surface area contributed by atoms with Crippen molar-refractivity contribution in [1.82, 2.24) is 4.98 Å². The molecular formula is C15H13BrN2O. The van der Waals surface area contributed by atoms with E-state index in [1.165, 1.54) is 0 Å². The van der Waals surface area contributed by atoms with Gasteiger partial charge in [0.25, 0.3) is 0 Å². The lowest BCUT2D eigenvalue weighted by Crippen LogP contribution is -2.15. The van der Waals surface area contributed by atoms with E-state index in [9.17, 15) is 0 Å². The topological polar surface area (TPSA) is 52.0 Å². The molecule has 0 radical (unpaired) electrons. The number of pyridine rings is 1. The van der Waals surface area contributed by atoms with Gasteiger partial charge in [-0.25, -0.2) is 4.98 Å². The quantitative estimate of drug-likeness (QED) is 0.798. The van der Waals surface area contributed by atoms with E-state index in [0.29, 0.717) is 6.42 Å². The Bertz CT molecular complexity index is 694. The van der Waals surface area contributed by atoms with Crippen LogP contribution in [0.5, 0.6) is 0 Å². The normalized spacial score (nSPS) is 12.7. The molecule has 2 N–H and O–H groups in total. The molecule has 2 heterocycles. The summed E-state index contributed by atoms with van der Waals surface area (Å²) in [5, 5.41) is 1.10. The number of nitrogens with two attached hydrogens (primary N) is 1. The molecule has 0 saturated heterocycles. The molecule has 3 nitrogen and oxygen atoms in total. The van der Waals surface area contributed by atoms with Gasteiger partial charge in [0.15, 0.2) is 0 Å². The molecular weight excluding hydrogens is 304 g/mol. The van der Waals surface area contributed by atoms with E-state index in [0.717, 1.165) is 26.8 Å². The fourth-order valence-corrected chi connectivity index (χ4v) is 2.74. The molecule has 0 aliphatic carbocycles. The van der Waals surface area contributed by atoms with Crippen LogP contribution in [-0.4, -0.2) is 4.98 Å². The summed E-state index contributed by atoms with van der Waals surface area (Å²) >= 11 is 3.55. The number of hydrogen-bond donors (Lipinski definition) is 1. The Hall–Kier alpha value is -1.65. The minimum absolute atomic E-state index is 0.190. The monoisotopic (exact) mass is 316 g/mol. The van der Waals surface area contributed by atoms with Crippen LogP contribution in [0, 0.1) is 0 Å². The lowest BCUT2D eigenvalue weighted by atomic mass is 10.1. The third-order valence-corrected chi connectivity index (χ3v) is 3.69. The van der Waals surface area contributed by atoms with Crippen LogP contribution in [-0.2, 0) is 6.42 Å². The summed E-state index contributed by atoms with van der Waals surface area (Å²) in [7, 11) is 0. The summed E-state index contributed by atoms with van der Waals surface area (Å²) in [6.07, 6.45) is 2.29. The van der Waals surface area contributed by atoms with Gasteiger partial charge in [-0.1, -0.05) is 18.2 Å². The van der Waals surface area contributed by atoms with Gasteiger partial charge in [0, 0.05) is 16.3 Å². The van der Waals surface area contributed by atoms with Crippen molar-refractivity contribution in [3.8, 4) is 0 Å². The maximum atomic E-state index is 6.23. The van der Waals surface area contributed by atoms with Crippen molar-refractivity contribution in [1.29, 1.82) is 0 Å². The molecule has 19 heavy (non-hydrogen) atoms. The lowest BCUT2D eigenvalue weighted by molar-refractivity contribution is 0.486. The number of nitrogens with zero attached hydrogens (tertiary/aromatic N) is 1. The SMILES string of the molecule is NC(Cc1ccco1)c1nc2ccccc2cc1Br. The molecule has 1 aromatic carbocycles. The minimum Gasteiger partial charge on any atom is -0.469 e. The molecule has 4 heteroatoms. The summed E-state index contributed by atoms with van der Waals surface area (Å²) < 4.78 is 6.27. The molecule has 96 valence electrons. The zero-order chi connectivity index (χ0) is 13.2. The standard InChI is InChI=1S/C15H13BrN2O/c16-12-8-10-4-1-2-6-14(10)18-15(12)13(17)9-11-5-3-7-19-11/h1-8,13H,9,17H2. The number of halogens is 1. The minimum atomic E-state index is -0.190. The first kappa shape index (κ1) is 12.4. The highest BCUT2D eigenvalue weighted by molar-refractivity contribution is 9.10. The molecule has 3 rings (SSSR count). The number of para-hydroxylation sites is 1. The average molecular weight is 317 g/mol. The van der Waals surface area contributed by atoms with Crippen LogP contribution < -0.4 is 5.73 Å². The van der Waals surface area contributed by atoms with Crippen molar-refractivity contribution in [2.75, 3.05) is 0 Å². The Morgan fingerprint density at radius 1 is 1.21 bits per heavy atom. The lowest BCUT2D eigenvalue weighted by Gasteiger charge is -2.12. The van der Waals surface area contributed by atoms with E-state index >= 15 is 0 Å². The van der Waals surface area contributed by atoms with Crippen molar-refractivity contribution >= 4 is 26.8 Å². The molecule has 0 amide bonds. The van der Waals surface area contributed by atoms with Gasteiger partial charge in [0.2, 0.25) is 0 Å². The van der Waals surface area contributed by atoms with Crippen LogP contribution in [0.25, 0.3) is 10.9 Å². The summed E-state index contributed by atoms with van der Waals surface area (Å²) in [5.74, 6) is 0.870. The Morgan fingerprint density at radius 3 is 2.84 bits per heavy atom. The van der Waals surface area contributed by atoms with Gasteiger partial charge >= 0.3 is 0 Å². The van der Waals surface area contributed by atoms with Crippen LogP contribution in [0.1, 0.15) is 17.5 Å². The Labute approximate surface area is 119 Å². The number of hydrogen-bond acceptors (Lipinski definition) is 3. The van der Waals surface area contributed by atoms with Crippen molar-refractivity contribution in [3.63, 3.8) is 0 Å². The predicted molar refractivity (Wildman–Crippen MR) is 78.8 cm³/mol. The van der Waals surface area contributed by atoms with Crippen LogP contribution in [0.3, 0.4) is 0 Å². The second-order valence-electron chi connectivity index (χ2n) is 4.44.